The summed E-state index contributed by atoms with van der Waals surface area (Å²) in [7, 11) is -0.383. The first-order valence-electron chi connectivity index (χ1n) is 11.0. The van der Waals surface area contributed by atoms with Crippen LogP contribution in [-0.2, 0) is 23.0 Å². The highest BCUT2D eigenvalue weighted by Gasteiger charge is 2.30. The fourth-order valence-corrected chi connectivity index (χ4v) is 5.37. The Morgan fingerprint density at radius 1 is 0.970 bits per heavy atom. The van der Waals surface area contributed by atoms with Crippen LogP contribution in [0.2, 0.25) is 0 Å². The molecule has 0 aliphatic carbocycles. The minimum atomic E-state index is -3.63. The van der Waals surface area contributed by atoms with Gasteiger partial charge in [0.1, 0.15) is 0 Å². The second-order valence-corrected chi connectivity index (χ2v) is 10.1. The van der Waals surface area contributed by atoms with Crippen molar-refractivity contribution < 1.29 is 17.9 Å². The highest BCUT2D eigenvalue weighted by atomic mass is 32.2. The van der Waals surface area contributed by atoms with Gasteiger partial charge in [-0.3, -0.25) is 4.90 Å². The van der Waals surface area contributed by atoms with Crippen molar-refractivity contribution in [1.82, 2.24) is 9.62 Å². The summed E-state index contributed by atoms with van der Waals surface area (Å²) in [6, 6.07) is 20.8. The summed E-state index contributed by atoms with van der Waals surface area (Å²) in [5.74, 6) is 1.33. The summed E-state index contributed by atoms with van der Waals surface area (Å²) in [6.07, 6.45) is 0.851. The van der Waals surface area contributed by atoms with Crippen LogP contribution < -0.4 is 14.2 Å². The zero-order valence-corrected chi connectivity index (χ0v) is 20.1. The van der Waals surface area contributed by atoms with E-state index in [4.69, 9.17) is 9.47 Å². The van der Waals surface area contributed by atoms with Crippen LogP contribution in [0.15, 0.2) is 71.6 Å². The molecular weight excluding hydrogens is 436 g/mol. The van der Waals surface area contributed by atoms with Crippen molar-refractivity contribution >= 4 is 10.0 Å². The summed E-state index contributed by atoms with van der Waals surface area (Å²) in [5, 5.41) is 0. The van der Waals surface area contributed by atoms with Crippen molar-refractivity contribution in [2.75, 3.05) is 27.3 Å². The molecule has 0 aromatic heterocycles. The molecule has 0 saturated carbocycles. The van der Waals surface area contributed by atoms with Gasteiger partial charge in [0.05, 0.1) is 19.1 Å². The van der Waals surface area contributed by atoms with Gasteiger partial charge in [-0.05, 0) is 54.3 Å². The maximum absolute atomic E-state index is 12.9. The van der Waals surface area contributed by atoms with Gasteiger partial charge in [0.2, 0.25) is 10.0 Å². The summed E-state index contributed by atoms with van der Waals surface area (Å²) in [4.78, 5) is 2.59. The number of aryl methyl sites for hydroxylation is 1. The van der Waals surface area contributed by atoms with E-state index in [9.17, 15) is 8.42 Å². The highest BCUT2D eigenvalue weighted by Crippen LogP contribution is 2.38. The van der Waals surface area contributed by atoms with E-state index in [0.717, 1.165) is 30.6 Å². The number of benzene rings is 3. The quantitative estimate of drug-likeness (QED) is 0.542. The zero-order chi connectivity index (χ0) is 23.4. The number of methoxy groups -OCH3 is 2. The lowest BCUT2D eigenvalue weighted by atomic mass is 9.91. The Kier molecular flexibility index (Phi) is 7.02. The van der Waals surface area contributed by atoms with Crippen LogP contribution >= 0.6 is 0 Å². The second kappa shape index (κ2) is 9.95. The van der Waals surface area contributed by atoms with E-state index in [1.807, 2.05) is 12.1 Å². The lowest BCUT2D eigenvalue weighted by Crippen LogP contribution is -2.41. The van der Waals surface area contributed by atoms with E-state index in [1.165, 1.54) is 11.1 Å². The fourth-order valence-electron chi connectivity index (χ4n) is 4.31. The van der Waals surface area contributed by atoms with Gasteiger partial charge in [-0.15, -0.1) is 0 Å². The van der Waals surface area contributed by atoms with Gasteiger partial charge in [-0.2, -0.15) is 0 Å². The van der Waals surface area contributed by atoms with Crippen molar-refractivity contribution in [2.24, 2.45) is 0 Å². The molecule has 3 aromatic rings. The molecule has 0 amide bonds. The van der Waals surface area contributed by atoms with E-state index in [2.05, 4.69) is 40.8 Å². The smallest absolute Gasteiger partial charge is 0.240 e. The van der Waals surface area contributed by atoms with Gasteiger partial charge in [-0.1, -0.05) is 48.0 Å². The molecule has 1 N–H and O–H groups in total. The molecule has 0 spiro atoms. The number of hydrogen-bond acceptors (Lipinski definition) is 5. The SMILES string of the molecule is COc1cc2c(cc1OC)C(CNS(=O)(=O)c1ccccc1)N(Cc1ccc(C)cc1)CC2. The van der Waals surface area contributed by atoms with Crippen molar-refractivity contribution in [3.63, 3.8) is 0 Å². The Labute approximate surface area is 196 Å². The number of rotatable bonds is 8. The third-order valence-corrected chi connectivity index (χ3v) is 7.58. The van der Waals surface area contributed by atoms with Crippen LogP contribution in [0, 0.1) is 6.92 Å². The first kappa shape index (κ1) is 23.3. The lowest BCUT2D eigenvalue weighted by Gasteiger charge is -2.38. The minimum Gasteiger partial charge on any atom is -0.493 e. The van der Waals surface area contributed by atoms with Gasteiger partial charge >= 0.3 is 0 Å². The number of sulfonamides is 1. The monoisotopic (exact) mass is 466 g/mol. The predicted octanol–water partition coefficient (Wildman–Crippen LogP) is 4.09. The van der Waals surface area contributed by atoms with Crippen LogP contribution in [0.4, 0.5) is 0 Å². The molecule has 6 nitrogen and oxygen atoms in total. The van der Waals surface area contributed by atoms with Crippen LogP contribution in [0.5, 0.6) is 11.5 Å². The Morgan fingerprint density at radius 3 is 2.30 bits per heavy atom. The van der Waals surface area contributed by atoms with Crippen LogP contribution in [-0.4, -0.2) is 40.6 Å². The molecule has 1 atom stereocenters. The van der Waals surface area contributed by atoms with Crippen molar-refractivity contribution in [1.29, 1.82) is 0 Å². The fraction of sp³-hybridized carbons (Fsp3) is 0.308. The topological polar surface area (TPSA) is 67.9 Å². The summed E-state index contributed by atoms with van der Waals surface area (Å²) in [6.45, 7) is 3.87. The van der Waals surface area contributed by atoms with Gasteiger partial charge in [0.15, 0.2) is 11.5 Å². The van der Waals surface area contributed by atoms with Crippen LogP contribution in [0.3, 0.4) is 0 Å². The van der Waals surface area contributed by atoms with E-state index in [0.29, 0.717) is 11.5 Å². The molecule has 4 rings (SSSR count). The summed E-state index contributed by atoms with van der Waals surface area (Å²) >= 11 is 0. The summed E-state index contributed by atoms with van der Waals surface area (Å²) < 4.78 is 39.8. The lowest BCUT2D eigenvalue weighted by molar-refractivity contribution is 0.176. The molecule has 0 radical (unpaired) electrons. The molecular formula is C26H30N2O4S. The Bertz CT molecular complexity index is 1190. The first-order valence-corrected chi connectivity index (χ1v) is 12.5. The molecule has 0 fully saturated rings. The van der Waals surface area contributed by atoms with Crippen molar-refractivity contribution in [3.05, 3.63) is 89.0 Å². The van der Waals surface area contributed by atoms with Gasteiger partial charge < -0.3 is 9.47 Å². The zero-order valence-electron chi connectivity index (χ0n) is 19.2. The molecule has 1 unspecified atom stereocenters. The largest absolute Gasteiger partial charge is 0.493 e. The first-order chi connectivity index (χ1) is 15.9. The van der Waals surface area contributed by atoms with Gasteiger partial charge in [-0.25, -0.2) is 13.1 Å². The molecule has 3 aromatic carbocycles. The maximum atomic E-state index is 12.9. The van der Waals surface area contributed by atoms with Crippen LogP contribution in [0.1, 0.15) is 28.3 Å². The van der Waals surface area contributed by atoms with Gasteiger partial charge in [0, 0.05) is 25.7 Å². The molecule has 1 aliphatic rings. The highest BCUT2D eigenvalue weighted by molar-refractivity contribution is 7.89. The minimum absolute atomic E-state index is 0.145. The number of nitrogens with one attached hydrogen (secondary N) is 1. The van der Waals surface area contributed by atoms with Crippen LogP contribution in [0.25, 0.3) is 0 Å². The molecule has 7 heteroatoms. The molecule has 0 bridgehead atoms. The van der Waals surface area contributed by atoms with Crippen molar-refractivity contribution in [3.8, 4) is 11.5 Å². The average Bonchev–Trinajstić information content (AvgIpc) is 2.84. The molecule has 1 heterocycles. The predicted molar refractivity (Wildman–Crippen MR) is 129 cm³/mol. The number of nitrogens with zero attached hydrogens (tertiary/aromatic N) is 1. The van der Waals surface area contributed by atoms with E-state index in [-0.39, 0.29) is 17.5 Å². The van der Waals surface area contributed by atoms with Crippen molar-refractivity contribution in [2.45, 2.75) is 30.8 Å². The Hall–Kier alpha value is -2.87. The van der Waals surface area contributed by atoms with E-state index in [1.54, 1.807) is 44.6 Å². The molecule has 1 aliphatic heterocycles. The third kappa shape index (κ3) is 5.21. The molecule has 33 heavy (non-hydrogen) atoms. The Balaban J connectivity index is 1.66. The number of fused-ring (bicyclic) bond motifs is 1. The Morgan fingerprint density at radius 2 is 1.64 bits per heavy atom. The van der Waals surface area contributed by atoms with E-state index >= 15 is 0 Å². The van der Waals surface area contributed by atoms with E-state index < -0.39 is 10.0 Å². The average molecular weight is 467 g/mol. The molecule has 0 saturated heterocycles. The number of hydrogen-bond donors (Lipinski definition) is 1. The standard InChI is InChI=1S/C26H30N2O4S/c1-19-9-11-20(12-10-19)18-28-14-13-21-15-25(31-2)26(32-3)16-23(21)24(28)17-27-33(29,30)22-7-5-4-6-8-22/h4-12,15-16,24,27H,13-14,17-18H2,1-3H3. The summed E-state index contributed by atoms with van der Waals surface area (Å²) in [5.41, 5.74) is 4.62. The third-order valence-electron chi connectivity index (χ3n) is 6.14. The number of ether oxygens (including phenoxy) is 2. The molecule has 174 valence electrons. The maximum Gasteiger partial charge on any atom is 0.240 e. The second-order valence-electron chi connectivity index (χ2n) is 8.29. The normalized spacial score (nSPS) is 16.3. The van der Waals surface area contributed by atoms with Gasteiger partial charge in [0.25, 0.3) is 0 Å².